The van der Waals surface area contributed by atoms with Crippen LogP contribution in [0.3, 0.4) is 0 Å². The smallest absolute Gasteiger partial charge is 0.275 e. The fourth-order valence-corrected chi connectivity index (χ4v) is 3.70. The molecule has 1 fully saturated rings. The van der Waals surface area contributed by atoms with Crippen LogP contribution in [0.25, 0.3) is 10.6 Å². The summed E-state index contributed by atoms with van der Waals surface area (Å²) in [6.07, 6.45) is 4.19. The van der Waals surface area contributed by atoms with Crippen molar-refractivity contribution in [2.75, 3.05) is 23.3 Å². The van der Waals surface area contributed by atoms with E-state index in [1.165, 1.54) is 36.3 Å². The Hall–Kier alpha value is -2.80. The third kappa shape index (κ3) is 3.43. The van der Waals surface area contributed by atoms with Crippen LogP contribution in [0, 0.1) is 5.82 Å². The lowest BCUT2D eigenvalue weighted by Crippen LogP contribution is -2.18. The van der Waals surface area contributed by atoms with Crippen LogP contribution in [-0.2, 0) is 0 Å². The molecule has 4 rings (SSSR count). The number of halogens is 1. The van der Waals surface area contributed by atoms with Gasteiger partial charge in [-0.15, -0.1) is 11.3 Å². The van der Waals surface area contributed by atoms with Crippen molar-refractivity contribution in [1.82, 2.24) is 9.97 Å². The van der Waals surface area contributed by atoms with Gasteiger partial charge in [-0.1, -0.05) is 12.1 Å². The van der Waals surface area contributed by atoms with Crippen molar-refractivity contribution in [2.24, 2.45) is 0 Å². The van der Waals surface area contributed by atoms with Crippen LogP contribution in [0.4, 0.5) is 15.9 Å². The Bertz CT molecular complexity index is 919. The monoisotopic (exact) mass is 368 g/mol. The fraction of sp³-hybridized carbons (Fsp3) is 0.211. The summed E-state index contributed by atoms with van der Waals surface area (Å²) in [5.41, 5.74) is 1.27. The number of hydrogen-bond acceptors (Lipinski definition) is 5. The van der Waals surface area contributed by atoms with E-state index in [1.54, 1.807) is 23.7 Å². The highest BCUT2D eigenvalue weighted by Crippen LogP contribution is 2.26. The molecule has 1 saturated heterocycles. The molecule has 5 nitrogen and oxygen atoms in total. The molecule has 3 heterocycles. The maximum Gasteiger partial charge on any atom is 0.275 e. The van der Waals surface area contributed by atoms with E-state index in [4.69, 9.17) is 0 Å². The van der Waals surface area contributed by atoms with Gasteiger partial charge < -0.3 is 10.2 Å². The first-order chi connectivity index (χ1) is 12.7. The minimum Gasteiger partial charge on any atom is -0.357 e. The number of hydrogen-bond donors (Lipinski definition) is 1. The average Bonchev–Trinajstić information content (AvgIpc) is 3.36. The highest BCUT2D eigenvalue weighted by atomic mass is 32.1. The van der Waals surface area contributed by atoms with E-state index in [2.05, 4.69) is 20.2 Å². The van der Waals surface area contributed by atoms with Crippen molar-refractivity contribution < 1.29 is 9.18 Å². The largest absolute Gasteiger partial charge is 0.357 e. The highest BCUT2D eigenvalue weighted by Gasteiger charge is 2.16. The van der Waals surface area contributed by atoms with Gasteiger partial charge in [-0.3, -0.25) is 4.79 Å². The Labute approximate surface area is 154 Å². The first-order valence-corrected chi connectivity index (χ1v) is 9.31. The summed E-state index contributed by atoms with van der Waals surface area (Å²) in [7, 11) is 0. The quantitative estimate of drug-likeness (QED) is 0.750. The van der Waals surface area contributed by atoms with Gasteiger partial charge in [0.15, 0.2) is 0 Å². The maximum atomic E-state index is 13.7. The zero-order valence-electron chi connectivity index (χ0n) is 14.0. The number of benzene rings is 1. The molecular formula is C19H17FN4OS. The standard InChI is InChI=1S/C19H17FN4OS/c20-14-5-1-2-6-15(14)22-18(25)16-12-26-19(23-16)13-7-8-17(21-11-13)24-9-3-4-10-24/h1-2,5-8,11-12H,3-4,9-10H2,(H,22,25). The van der Waals surface area contributed by atoms with E-state index in [-0.39, 0.29) is 11.4 Å². The Morgan fingerprint density at radius 3 is 2.69 bits per heavy atom. The number of nitrogens with one attached hydrogen (secondary N) is 1. The van der Waals surface area contributed by atoms with E-state index in [0.29, 0.717) is 5.01 Å². The second-order valence-corrected chi connectivity index (χ2v) is 6.93. The van der Waals surface area contributed by atoms with Crippen molar-refractivity contribution in [2.45, 2.75) is 12.8 Å². The van der Waals surface area contributed by atoms with E-state index < -0.39 is 11.7 Å². The number of carbonyl (C=O) groups excluding carboxylic acids is 1. The van der Waals surface area contributed by atoms with Gasteiger partial charge in [-0.2, -0.15) is 0 Å². The molecule has 7 heteroatoms. The van der Waals surface area contributed by atoms with Crippen LogP contribution in [0.15, 0.2) is 48.0 Å². The summed E-state index contributed by atoms with van der Waals surface area (Å²) >= 11 is 1.36. The van der Waals surface area contributed by atoms with Gasteiger partial charge in [0.1, 0.15) is 22.3 Å². The van der Waals surface area contributed by atoms with Gasteiger partial charge in [-0.05, 0) is 37.1 Å². The van der Waals surface area contributed by atoms with Crippen LogP contribution in [0.1, 0.15) is 23.3 Å². The molecule has 1 N–H and O–H groups in total. The first kappa shape index (κ1) is 16.7. The van der Waals surface area contributed by atoms with Crippen LogP contribution < -0.4 is 10.2 Å². The molecule has 2 aromatic heterocycles. The molecule has 0 spiro atoms. The lowest BCUT2D eigenvalue weighted by molar-refractivity contribution is 0.102. The molecule has 1 aliphatic rings. The van der Waals surface area contributed by atoms with Gasteiger partial charge in [0.2, 0.25) is 0 Å². The molecule has 0 bridgehead atoms. The van der Waals surface area contributed by atoms with Gasteiger partial charge in [-0.25, -0.2) is 14.4 Å². The topological polar surface area (TPSA) is 58.1 Å². The van der Waals surface area contributed by atoms with Gasteiger partial charge in [0.05, 0.1) is 5.69 Å². The lowest BCUT2D eigenvalue weighted by Gasteiger charge is -2.15. The van der Waals surface area contributed by atoms with Crippen LogP contribution in [0.5, 0.6) is 0 Å². The maximum absolute atomic E-state index is 13.7. The summed E-state index contributed by atoms with van der Waals surface area (Å²) in [5, 5.41) is 4.92. The third-order valence-corrected chi connectivity index (χ3v) is 5.18. The number of rotatable bonds is 4. The van der Waals surface area contributed by atoms with E-state index in [1.807, 2.05) is 12.1 Å². The molecule has 132 valence electrons. The first-order valence-electron chi connectivity index (χ1n) is 8.43. The van der Waals surface area contributed by atoms with Gasteiger partial charge >= 0.3 is 0 Å². The Morgan fingerprint density at radius 1 is 1.15 bits per heavy atom. The van der Waals surface area contributed by atoms with Crippen molar-refractivity contribution in [3.63, 3.8) is 0 Å². The number of amides is 1. The van der Waals surface area contributed by atoms with E-state index >= 15 is 0 Å². The van der Waals surface area contributed by atoms with E-state index in [0.717, 1.165) is 24.5 Å². The predicted molar refractivity (Wildman–Crippen MR) is 101 cm³/mol. The number of carbonyl (C=O) groups is 1. The second-order valence-electron chi connectivity index (χ2n) is 6.07. The van der Waals surface area contributed by atoms with Crippen LogP contribution in [0.2, 0.25) is 0 Å². The molecule has 1 aromatic carbocycles. The summed E-state index contributed by atoms with van der Waals surface area (Å²) in [6, 6.07) is 10.0. The SMILES string of the molecule is O=C(Nc1ccccc1F)c1csc(-c2ccc(N3CCCC3)nc2)n1. The number of para-hydroxylation sites is 1. The molecule has 1 amide bonds. The minimum atomic E-state index is -0.474. The summed E-state index contributed by atoms with van der Waals surface area (Å²) in [6.45, 7) is 2.09. The Morgan fingerprint density at radius 2 is 1.96 bits per heavy atom. The van der Waals surface area contributed by atoms with Gasteiger partial charge in [0, 0.05) is 30.2 Å². The third-order valence-electron chi connectivity index (χ3n) is 4.28. The fourth-order valence-electron chi connectivity index (χ4n) is 2.91. The average molecular weight is 368 g/mol. The second kappa shape index (κ2) is 7.21. The normalized spacial score (nSPS) is 13.8. The number of pyridine rings is 1. The predicted octanol–water partition coefficient (Wildman–Crippen LogP) is 4.20. The Balaban J connectivity index is 1.48. The van der Waals surface area contributed by atoms with Crippen LogP contribution in [-0.4, -0.2) is 29.0 Å². The lowest BCUT2D eigenvalue weighted by atomic mass is 10.3. The minimum absolute atomic E-state index is 0.142. The summed E-state index contributed by atoms with van der Waals surface area (Å²) in [4.78, 5) is 23.4. The molecule has 1 aliphatic heterocycles. The molecule has 0 atom stereocenters. The molecule has 26 heavy (non-hydrogen) atoms. The molecular weight excluding hydrogens is 351 g/mol. The zero-order chi connectivity index (χ0) is 17.9. The highest BCUT2D eigenvalue weighted by molar-refractivity contribution is 7.13. The molecule has 0 saturated carbocycles. The summed E-state index contributed by atoms with van der Waals surface area (Å²) < 4.78 is 13.7. The van der Waals surface area contributed by atoms with Crippen molar-refractivity contribution in [3.8, 4) is 10.6 Å². The number of aromatic nitrogens is 2. The van der Waals surface area contributed by atoms with Crippen molar-refractivity contribution >= 4 is 28.7 Å². The number of nitrogens with zero attached hydrogens (tertiary/aromatic N) is 3. The van der Waals surface area contributed by atoms with Crippen molar-refractivity contribution in [1.29, 1.82) is 0 Å². The molecule has 0 aliphatic carbocycles. The van der Waals surface area contributed by atoms with Crippen molar-refractivity contribution in [3.05, 3.63) is 59.5 Å². The zero-order valence-corrected chi connectivity index (χ0v) is 14.8. The summed E-state index contributed by atoms with van der Waals surface area (Å²) in [5.74, 6) is 0.0672. The number of thiazole rings is 1. The molecule has 0 radical (unpaired) electrons. The Kier molecular flexibility index (Phi) is 4.62. The molecule has 0 unspecified atom stereocenters. The number of anilines is 2. The molecule has 3 aromatic rings. The van der Waals surface area contributed by atoms with Crippen LogP contribution >= 0.6 is 11.3 Å². The van der Waals surface area contributed by atoms with E-state index in [9.17, 15) is 9.18 Å². The van der Waals surface area contributed by atoms with Gasteiger partial charge in [0.25, 0.3) is 5.91 Å².